The van der Waals surface area contributed by atoms with Gasteiger partial charge in [0.1, 0.15) is 34.3 Å². The van der Waals surface area contributed by atoms with Crippen molar-refractivity contribution in [3.8, 4) is 28.7 Å². The molecule has 7 nitrogen and oxygen atoms in total. The number of ether oxygens (including phenoxy) is 1. The van der Waals surface area contributed by atoms with Crippen molar-refractivity contribution in [3.05, 3.63) is 76.9 Å². The number of fused-ring (bicyclic) bond motifs is 1. The summed E-state index contributed by atoms with van der Waals surface area (Å²) >= 11 is 0. The summed E-state index contributed by atoms with van der Waals surface area (Å²) in [5.74, 6) is -1.48. The molecule has 0 saturated heterocycles. The fourth-order valence-electron chi connectivity index (χ4n) is 3.47. The van der Waals surface area contributed by atoms with Crippen molar-refractivity contribution in [2.75, 3.05) is 0 Å². The van der Waals surface area contributed by atoms with Crippen LogP contribution in [-0.2, 0) is 6.42 Å². The number of carbonyl (C=O) groups excluding carboxylic acids is 1. The lowest BCUT2D eigenvalue weighted by Gasteiger charge is -2.32. The Morgan fingerprint density at radius 3 is 2.28 bits per heavy atom. The molecule has 0 aromatic heterocycles. The van der Waals surface area contributed by atoms with Crippen molar-refractivity contribution in [1.82, 2.24) is 0 Å². The number of hydrogen-bond donors (Lipinski definition) is 5. The number of carbonyl (C=O) groups is 1. The molecule has 1 heterocycles. The van der Waals surface area contributed by atoms with Gasteiger partial charge in [-0.15, -0.1) is 0 Å². The Morgan fingerprint density at radius 2 is 1.59 bits per heavy atom. The van der Waals surface area contributed by atoms with Gasteiger partial charge >= 0.3 is 0 Å². The predicted molar refractivity (Wildman–Crippen MR) is 102 cm³/mol. The monoisotopic (exact) mass is 394 g/mol. The van der Waals surface area contributed by atoms with Crippen LogP contribution in [0.3, 0.4) is 0 Å². The number of aliphatic hydroxyl groups is 1. The fourth-order valence-corrected chi connectivity index (χ4v) is 3.47. The molecule has 1 aliphatic rings. The van der Waals surface area contributed by atoms with E-state index < -0.39 is 23.7 Å². The molecule has 0 amide bonds. The minimum Gasteiger partial charge on any atom is -0.508 e. The second-order valence-corrected chi connectivity index (χ2v) is 6.88. The molecule has 3 aromatic carbocycles. The molecule has 5 N–H and O–H groups in total. The van der Waals surface area contributed by atoms with E-state index in [1.165, 1.54) is 36.4 Å². The van der Waals surface area contributed by atoms with Crippen molar-refractivity contribution in [2.45, 2.75) is 18.6 Å². The molecule has 0 saturated carbocycles. The summed E-state index contributed by atoms with van der Waals surface area (Å²) in [4.78, 5) is 12.8. The van der Waals surface area contributed by atoms with Gasteiger partial charge in [-0.25, -0.2) is 0 Å². The Bertz CT molecular complexity index is 1090. The lowest BCUT2D eigenvalue weighted by Crippen LogP contribution is -2.36. The number of aliphatic hydroxyl groups excluding tert-OH is 1. The standard InChI is InChI=1S/C22H18O7/c23-13-6-4-12(5-7-13)21-20(28)19(27)18-17(26)10-16(25)15(22(18)29-21)9-11-2-1-3-14(24)8-11/h1-8,10,20-21,23-26,28H,9H2. The van der Waals surface area contributed by atoms with Crippen LogP contribution >= 0.6 is 0 Å². The zero-order chi connectivity index (χ0) is 20.7. The van der Waals surface area contributed by atoms with Crippen LogP contribution in [0.1, 0.15) is 33.2 Å². The molecular weight excluding hydrogens is 376 g/mol. The largest absolute Gasteiger partial charge is 0.508 e. The lowest BCUT2D eigenvalue weighted by molar-refractivity contribution is 0.0206. The van der Waals surface area contributed by atoms with Crippen LogP contribution in [0.15, 0.2) is 54.6 Å². The Morgan fingerprint density at radius 1 is 0.862 bits per heavy atom. The Balaban J connectivity index is 1.82. The van der Waals surface area contributed by atoms with Crippen LogP contribution in [0.2, 0.25) is 0 Å². The van der Waals surface area contributed by atoms with E-state index in [-0.39, 0.29) is 40.5 Å². The zero-order valence-electron chi connectivity index (χ0n) is 15.1. The van der Waals surface area contributed by atoms with Crippen LogP contribution in [0.5, 0.6) is 28.7 Å². The van der Waals surface area contributed by atoms with Crippen LogP contribution in [0, 0.1) is 0 Å². The third-order valence-corrected chi connectivity index (χ3v) is 4.90. The van der Waals surface area contributed by atoms with E-state index in [1.54, 1.807) is 12.1 Å². The molecule has 4 rings (SSSR count). The average Bonchev–Trinajstić information content (AvgIpc) is 2.68. The highest BCUT2D eigenvalue weighted by Gasteiger charge is 2.40. The van der Waals surface area contributed by atoms with E-state index in [0.29, 0.717) is 11.1 Å². The number of Topliss-reactive ketones (excluding diaryl/α,β-unsaturated/α-hetero) is 1. The molecular formula is C22H18O7. The molecule has 0 aliphatic carbocycles. The van der Waals surface area contributed by atoms with Gasteiger partial charge in [-0.05, 0) is 35.4 Å². The van der Waals surface area contributed by atoms with Crippen molar-refractivity contribution < 1.29 is 35.1 Å². The minimum absolute atomic E-state index is 0.0191. The fraction of sp³-hybridized carbons (Fsp3) is 0.136. The summed E-state index contributed by atoms with van der Waals surface area (Å²) in [7, 11) is 0. The third kappa shape index (κ3) is 3.32. The molecule has 148 valence electrons. The number of hydrogen-bond acceptors (Lipinski definition) is 7. The van der Waals surface area contributed by atoms with Gasteiger partial charge in [0, 0.05) is 18.1 Å². The van der Waals surface area contributed by atoms with Crippen molar-refractivity contribution in [3.63, 3.8) is 0 Å². The minimum atomic E-state index is -1.57. The lowest BCUT2D eigenvalue weighted by atomic mass is 9.89. The molecule has 2 atom stereocenters. The smallest absolute Gasteiger partial charge is 0.202 e. The van der Waals surface area contributed by atoms with Gasteiger partial charge in [-0.1, -0.05) is 24.3 Å². The van der Waals surface area contributed by atoms with E-state index in [4.69, 9.17) is 4.74 Å². The van der Waals surface area contributed by atoms with Gasteiger partial charge in [0.15, 0.2) is 12.2 Å². The third-order valence-electron chi connectivity index (χ3n) is 4.90. The van der Waals surface area contributed by atoms with E-state index in [9.17, 15) is 30.3 Å². The van der Waals surface area contributed by atoms with Gasteiger partial charge < -0.3 is 30.3 Å². The summed E-state index contributed by atoms with van der Waals surface area (Å²) < 4.78 is 5.90. The maximum Gasteiger partial charge on any atom is 0.202 e. The first-order valence-corrected chi connectivity index (χ1v) is 8.88. The van der Waals surface area contributed by atoms with E-state index >= 15 is 0 Å². The van der Waals surface area contributed by atoms with Crippen LogP contribution in [0.4, 0.5) is 0 Å². The van der Waals surface area contributed by atoms with E-state index in [1.807, 2.05) is 0 Å². The molecule has 3 aromatic rings. The molecule has 0 radical (unpaired) electrons. The van der Waals surface area contributed by atoms with Gasteiger partial charge in [0.05, 0.1) is 0 Å². The highest BCUT2D eigenvalue weighted by molar-refractivity contribution is 6.06. The number of ketones is 1. The maximum atomic E-state index is 12.8. The first kappa shape index (κ1) is 18.6. The highest BCUT2D eigenvalue weighted by atomic mass is 16.5. The zero-order valence-corrected chi connectivity index (χ0v) is 15.1. The molecule has 0 fully saturated rings. The van der Waals surface area contributed by atoms with Crippen LogP contribution in [0.25, 0.3) is 0 Å². The Labute approximate surface area is 165 Å². The summed E-state index contributed by atoms with van der Waals surface area (Å²) in [5.41, 5.74) is 1.13. The van der Waals surface area contributed by atoms with E-state index in [0.717, 1.165) is 6.07 Å². The van der Waals surface area contributed by atoms with E-state index in [2.05, 4.69) is 0 Å². The summed E-state index contributed by atoms with van der Waals surface area (Å²) in [6.45, 7) is 0. The first-order valence-electron chi connectivity index (χ1n) is 8.88. The SMILES string of the molecule is O=C1c2c(O)cc(O)c(Cc3cccc(O)c3)c2OC(c2ccc(O)cc2)C1O. The predicted octanol–water partition coefficient (Wildman–Crippen LogP) is 2.78. The molecule has 29 heavy (non-hydrogen) atoms. The van der Waals surface area contributed by atoms with Gasteiger partial charge in [0.25, 0.3) is 0 Å². The molecule has 1 aliphatic heterocycles. The molecule has 0 spiro atoms. The second kappa shape index (κ2) is 7.03. The van der Waals surface area contributed by atoms with Crippen molar-refractivity contribution in [2.24, 2.45) is 0 Å². The molecule has 2 unspecified atom stereocenters. The quantitative estimate of drug-likeness (QED) is 0.462. The van der Waals surface area contributed by atoms with Gasteiger partial charge in [0.2, 0.25) is 5.78 Å². The summed E-state index contributed by atoms with van der Waals surface area (Å²) in [5, 5.41) is 50.3. The Hall–Kier alpha value is -3.71. The van der Waals surface area contributed by atoms with Gasteiger partial charge in [-0.3, -0.25) is 4.79 Å². The topological polar surface area (TPSA) is 127 Å². The maximum absolute atomic E-state index is 12.8. The summed E-state index contributed by atoms with van der Waals surface area (Å²) in [6, 6.07) is 13.3. The average molecular weight is 394 g/mol. The number of phenols is 4. The normalized spacial score (nSPS) is 18.2. The highest BCUT2D eigenvalue weighted by Crippen LogP contribution is 2.46. The summed E-state index contributed by atoms with van der Waals surface area (Å²) in [6.07, 6.45) is -2.54. The Kier molecular flexibility index (Phi) is 4.52. The van der Waals surface area contributed by atoms with Crippen molar-refractivity contribution in [1.29, 1.82) is 0 Å². The number of phenolic OH excluding ortho intramolecular Hbond substituents is 4. The number of aromatic hydroxyl groups is 4. The van der Waals surface area contributed by atoms with Crippen LogP contribution < -0.4 is 4.74 Å². The number of rotatable bonds is 3. The molecule has 7 heteroatoms. The van der Waals surface area contributed by atoms with Crippen LogP contribution in [-0.4, -0.2) is 37.4 Å². The second-order valence-electron chi connectivity index (χ2n) is 6.88. The number of benzene rings is 3. The van der Waals surface area contributed by atoms with Gasteiger partial charge in [-0.2, -0.15) is 0 Å². The molecule has 0 bridgehead atoms. The first-order chi connectivity index (χ1) is 13.8. The van der Waals surface area contributed by atoms with Crippen molar-refractivity contribution >= 4 is 5.78 Å².